The van der Waals surface area contributed by atoms with Gasteiger partial charge in [-0.2, -0.15) is 0 Å². The summed E-state index contributed by atoms with van der Waals surface area (Å²) in [6.45, 7) is 9.41. The third-order valence-corrected chi connectivity index (χ3v) is 2.99. The minimum absolute atomic E-state index is 0.595. The number of likely N-dealkylation sites (N-methyl/N-ethyl adjacent to an activating group) is 1. The molecule has 0 aliphatic rings. The summed E-state index contributed by atoms with van der Waals surface area (Å²) in [6, 6.07) is 3.91. The van der Waals surface area contributed by atoms with Crippen molar-refractivity contribution in [2.24, 2.45) is 0 Å². The Hall–Kier alpha value is -0.640. The molecule has 0 aliphatic heterocycles. The topological polar surface area (TPSA) is 28.2 Å². The van der Waals surface area contributed by atoms with E-state index in [1.54, 1.807) is 6.20 Å². The predicted octanol–water partition coefficient (Wildman–Crippen LogP) is 2.17. The van der Waals surface area contributed by atoms with E-state index < -0.39 is 0 Å². The first-order chi connectivity index (χ1) is 7.77. The number of nitrogens with one attached hydrogen (secondary N) is 1. The zero-order valence-corrected chi connectivity index (χ0v) is 10.8. The van der Waals surface area contributed by atoms with E-state index >= 15 is 0 Å². The Morgan fingerprint density at radius 2 is 2.12 bits per heavy atom. The summed E-state index contributed by atoms with van der Waals surface area (Å²) in [4.78, 5) is 6.43. The van der Waals surface area contributed by atoms with Gasteiger partial charge in [0, 0.05) is 31.4 Å². The van der Waals surface area contributed by atoms with Crippen molar-refractivity contribution in [3.63, 3.8) is 0 Å². The largest absolute Gasteiger partial charge is 0.311 e. The maximum absolute atomic E-state index is 5.96. The van der Waals surface area contributed by atoms with Crippen molar-refractivity contribution in [3.8, 4) is 0 Å². The molecular formula is C12H20ClN3. The van der Waals surface area contributed by atoms with Crippen molar-refractivity contribution in [1.29, 1.82) is 0 Å². The van der Waals surface area contributed by atoms with Gasteiger partial charge in [-0.3, -0.25) is 0 Å². The second-order valence-electron chi connectivity index (χ2n) is 3.66. The lowest BCUT2D eigenvalue weighted by atomic mass is 10.3. The van der Waals surface area contributed by atoms with Gasteiger partial charge in [-0.1, -0.05) is 31.5 Å². The number of hydrogen-bond acceptors (Lipinski definition) is 3. The Morgan fingerprint density at radius 1 is 1.38 bits per heavy atom. The van der Waals surface area contributed by atoms with E-state index in [0.29, 0.717) is 5.15 Å². The van der Waals surface area contributed by atoms with Crippen LogP contribution in [0.4, 0.5) is 0 Å². The average molecular weight is 242 g/mol. The lowest BCUT2D eigenvalue weighted by Gasteiger charge is -2.18. The van der Waals surface area contributed by atoms with Crippen molar-refractivity contribution in [1.82, 2.24) is 15.2 Å². The molecule has 4 heteroatoms. The zero-order chi connectivity index (χ0) is 11.8. The van der Waals surface area contributed by atoms with Crippen LogP contribution in [0.15, 0.2) is 18.3 Å². The van der Waals surface area contributed by atoms with Crippen LogP contribution in [0, 0.1) is 0 Å². The fourth-order valence-corrected chi connectivity index (χ4v) is 1.74. The summed E-state index contributed by atoms with van der Waals surface area (Å²) in [5, 5.41) is 3.97. The van der Waals surface area contributed by atoms with Crippen molar-refractivity contribution in [2.75, 3.05) is 26.2 Å². The summed E-state index contributed by atoms with van der Waals surface area (Å²) < 4.78 is 0. The SMILES string of the molecule is CCN(CC)CCNCc1cccnc1Cl. The van der Waals surface area contributed by atoms with Crippen molar-refractivity contribution >= 4 is 11.6 Å². The fourth-order valence-electron chi connectivity index (χ4n) is 1.55. The molecule has 0 radical (unpaired) electrons. The second kappa shape index (κ2) is 7.60. The highest BCUT2D eigenvalue weighted by Crippen LogP contribution is 2.10. The first-order valence-electron chi connectivity index (χ1n) is 5.80. The van der Waals surface area contributed by atoms with Gasteiger partial charge in [0.2, 0.25) is 0 Å². The highest BCUT2D eigenvalue weighted by molar-refractivity contribution is 6.30. The third-order valence-electron chi connectivity index (χ3n) is 2.65. The highest BCUT2D eigenvalue weighted by atomic mass is 35.5. The van der Waals surface area contributed by atoms with Gasteiger partial charge >= 0.3 is 0 Å². The van der Waals surface area contributed by atoms with Crippen LogP contribution < -0.4 is 5.32 Å². The van der Waals surface area contributed by atoms with Crippen molar-refractivity contribution < 1.29 is 0 Å². The van der Waals surface area contributed by atoms with E-state index in [2.05, 4.69) is 29.0 Å². The van der Waals surface area contributed by atoms with Gasteiger partial charge in [0.1, 0.15) is 5.15 Å². The van der Waals surface area contributed by atoms with Crippen LogP contribution in [-0.4, -0.2) is 36.1 Å². The van der Waals surface area contributed by atoms with Gasteiger partial charge in [0.05, 0.1) is 0 Å². The van der Waals surface area contributed by atoms with Gasteiger partial charge < -0.3 is 10.2 Å². The summed E-state index contributed by atoms with van der Waals surface area (Å²) >= 11 is 5.96. The summed E-state index contributed by atoms with van der Waals surface area (Å²) in [6.07, 6.45) is 1.71. The molecule has 0 bridgehead atoms. The lowest BCUT2D eigenvalue weighted by Crippen LogP contribution is -2.31. The molecule has 1 rings (SSSR count). The number of halogens is 1. The highest BCUT2D eigenvalue weighted by Gasteiger charge is 2.00. The van der Waals surface area contributed by atoms with Crippen LogP contribution >= 0.6 is 11.6 Å². The molecule has 0 aromatic carbocycles. The molecule has 90 valence electrons. The molecule has 0 atom stereocenters. The minimum atomic E-state index is 0.595. The molecular weight excluding hydrogens is 222 g/mol. The van der Waals surface area contributed by atoms with E-state index in [9.17, 15) is 0 Å². The normalized spacial score (nSPS) is 11.0. The summed E-state index contributed by atoms with van der Waals surface area (Å²) in [5.41, 5.74) is 1.06. The Morgan fingerprint density at radius 3 is 2.75 bits per heavy atom. The molecule has 0 unspecified atom stereocenters. The second-order valence-corrected chi connectivity index (χ2v) is 4.02. The van der Waals surface area contributed by atoms with Crippen LogP contribution in [0.1, 0.15) is 19.4 Å². The molecule has 3 nitrogen and oxygen atoms in total. The molecule has 1 N–H and O–H groups in total. The Labute approximate surface area is 103 Å². The van der Waals surface area contributed by atoms with E-state index in [1.165, 1.54) is 0 Å². The standard InChI is InChI=1S/C12H20ClN3/c1-3-16(4-2)9-8-14-10-11-6-5-7-15-12(11)13/h5-7,14H,3-4,8-10H2,1-2H3. The van der Waals surface area contributed by atoms with E-state index in [-0.39, 0.29) is 0 Å². The van der Waals surface area contributed by atoms with E-state index in [4.69, 9.17) is 11.6 Å². The molecule has 0 fully saturated rings. The molecule has 16 heavy (non-hydrogen) atoms. The van der Waals surface area contributed by atoms with Gasteiger partial charge in [0.25, 0.3) is 0 Å². The van der Waals surface area contributed by atoms with Crippen LogP contribution in [0.25, 0.3) is 0 Å². The fraction of sp³-hybridized carbons (Fsp3) is 0.583. The molecule has 1 aromatic rings. The molecule has 0 amide bonds. The minimum Gasteiger partial charge on any atom is -0.311 e. The van der Waals surface area contributed by atoms with Crippen LogP contribution in [-0.2, 0) is 6.54 Å². The van der Waals surface area contributed by atoms with Crippen LogP contribution in [0.3, 0.4) is 0 Å². The maximum atomic E-state index is 5.96. The number of pyridine rings is 1. The average Bonchev–Trinajstić information content (AvgIpc) is 2.31. The molecule has 1 aromatic heterocycles. The first kappa shape index (κ1) is 13.4. The molecule has 1 heterocycles. The molecule has 0 saturated carbocycles. The van der Waals surface area contributed by atoms with Crippen LogP contribution in [0.5, 0.6) is 0 Å². The Balaban J connectivity index is 2.23. The smallest absolute Gasteiger partial charge is 0.133 e. The van der Waals surface area contributed by atoms with Gasteiger partial charge in [-0.15, -0.1) is 0 Å². The Bertz CT molecular complexity index is 300. The van der Waals surface area contributed by atoms with Gasteiger partial charge in [-0.05, 0) is 19.2 Å². The Kier molecular flexibility index (Phi) is 6.38. The van der Waals surface area contributed by atoms with Crippen molar-refractivity contribution in [3.05, 3.63) is 29.0 Å². The van der Waals surface area contributed by atoms with Gasteiger partial charge in [-0.25, -0.2) is 4.98 Å². The quantitative estimate of drug-likeness (QED) is 0.586. The molecule has 0 saturated heterocycles. The van der Waals surface area contributed by atoms with E-state index in [1.807, 2.05) is 12.1 Å². The predicted molar refractivity (Wildman–Crippen MR) is 68.7 cm³/mol. The summed E-state index contributed by atoms with van der Waals surface area (Å²) in [7, 11) is 0. The van der Waals surface area contributed by atoms with Gasteiger partial charge in [0.15, 0.2) is 0 Å². The zero-order valence-electron chi connectivity index (χ0n) is 10.0. The number of aromatic nitrogens is 1. The van der Waals surface area contributed by atoms with E-state index in [0.717, 1.165) is 38.3 Å². The monoisotopic (exact) mass is 241 g/mol. The first-order valence-corrected chi connectivity index (χ1v) is 6.18. The third kappa shape index (κ3) is 4.47. The summed E-state index contributed by atoms with van der Waals surface area (Å²) in [5.74, 6) is 0. The number of hydrogen-bond donors (Lipinski definition) is 1. The maximum Gasteiger partial charge on any atom is 0.133 e. The van der Waals surface area contributed by atoms with Crippen LogP contribution in [0.2, 0.25) is 5.15 Å². The lowest BCUT2D eigenvalue weighted by molar-refractivity contribution is 0.302. The molecule has 0 spiro atoms. The molecule has 0 aliphatic carbocycles. The number of nitrogens with zero attached hydrogens (tertiary/aromatic N) is 2. The number of rotatable bonds is 7. The van der Waals surface area contributed by atoms with Crippen molar-refractivity contribution in [2.45, 2.75) is 20.4 Å².